The molecule has 106 valence electrons. The summed E-state index contributed by atoms with van der Waals surface area (Å²) in [5, 5.41) is 10.1. The lowest BCUT2D eigenvalue weighted by Gasteiger charge is -2.13. The van der Waals surface area contributed by atoms with Gasteiger partial charge >= 0.3 is 11.3 Å². The molecule has 0 aliphatic rings. The van der Waals surface area contributed by atoms with Crippen molar-refractivity contribution >= 4 is 17.0 Å². The van der Waals surface area contributed by atoms with Crippen LogP contribution in [0.15, 0.2) is 36.4 Å². The molecule has 0 spiro atoms. The van der Waals surface area contributed by atoms with Crippen LogP contribution in [0, 0.1) is 20.8 Å². The topological polar surface area (TPSA) is 58.6 Å². The summed E-state index contributed by atoms with van der Waals surface area (Å²) in [5.41, 5.74) is 3.20. The van der Waals surface area contributed by atoms with Gasteiger partial charge in [0, 0.05) is 0 Å². The highest BCUT2D eigenvalue weighted by atomic mass is 32.2. The summed E-state index contributed by atoms with van der Waals surface area (Å²) < 4.78 is 19.8. The van der Waals surface area contributed by atoms with E-state index < -0.39 is 11.3 Å². The molecule has 2 rings (SSSR count). The summed E-state index contributed by atoms with van der Waals surface area (Å²) in [6.07, 6.45) is 0. The number of phenolic OH excluding ortho intramolecular Hbond substituents is 1. The maximum Gasteiger partial charge on any atom is 0.316 e. The van der Waals surface area contributed by atoms with E-state index in [0.29, 0.717) is 11.4 Å². The fourth-order valence-corrected chi connectivity index (χ4v) is 2.48. The quantitative estimate of drug-likeness (QED) is 0.849. The first kappa shape index (κ1) is 14.4. The van der Waals surface area contributed by atoms with Gasteiger partial charge in [-0.05, 0) is 55.7 Å². The minimum Gasteiger partial charge on any atom is -0.505 e. The summed E-state index contributed by atoms with van der Waals surface area (Å²) in [6.45, 7) is 5.70. The number of aryl methyl sites for hydroxylation is 1. The number of nitrogens with one attached hydrogen (secondary N) is 1. The molecule has 2 N–H and O–H groups in total. The first-order valence-electron chi connectivity index (χ1n) is 6.20. The molecular weight excluding hydrogens is 274 g/mol. The van der Waals surface area contributed by atoms with Gasteiger partial charge in [-0.25, -0.2) is 0 Å². The Morgan fingerprint density at radius 1 is 1.10 bits per heavy atom. The fraction of sp³-hybridized carbons (Fsp3) is 0.200. The van der Waals surface area contributed by atoms with Gasteiger partial charge in [-0.1, -0.05) is 18.2 Å². The molecule has 0 amide bonds. The van der Waals surface area contributed by atoms with Crippen LogP contribution in [0.5, 0.6) is 11.5 Å². The molecule has 0 aliphatic heterocycles. The number of phenols is 1. The Labute approximate surface area is 121 Å². The summed E-state index contributed by atoms with van der Waals surface area (Å²) in [5.74, 6) is 0.594. The molecule has 5 heteroatoms. The van der Waals surface area contributed by atoms with Crippen molar-refractivity contribution < 1.29 is 13.5 Å². The molecule has 0 saturated carbocycles. The minimum atomic E-state index is -1.77. The molecule has 0 radical (unpaired) electrons. The van der Waals surface area contributed by atoms with Crippen molar-refractivity contribution in [3.63, 3.8) is 0 Å². The van der Waals surface area contributed by atoms with Gasteiger partial charge in [-0.2, -0.15) is 4.21 Å². The SMILES string of the molecule is Cc1cc(NS(=O)Oc2ccccc2)c(O)c(C)c1C. The van der Waals surface area contributed by atoms with Crippen molar-refractivity contribution in [2.45, 2.75) is 20.8 Å². The normalized spacial score (nSPS) is 11.9. The second-order valence-electron chi connectivity index (χ2n) is 4.57. The largest absolute Gasteiger partial charge is 0.505 e. The molecule has 2 aromatic rings. The predicted molar refractivity (Wildman–Crippen MR) is 81.2 cm³/mol. The van der Waals surface area contributed by atoms with Crippen LogP contribution in [0.1, 0.15) is 16.7 Å². The van der Waals surface area contributed by atoms with Crippen LogP contribution in [0.2, 0.25) is 0 Å². The smallest absolute Gasteiger partial charge is 0.316 e. The lowest BCUT2D eigenvalue weighted by Crippen LogP contribution is -2.11. The van der Waals surface area contributed by atoms with Crippen molar-refractivity contribution in [3.05, 3.63) is 53.1 Å². The summed E-state index contributed by atoms with van der Waals surface area (Å²) in [7, 11) is 0. The molecular formula is C15H17NO3S. The van der Waals surface area contributed by atoms with E-state index in [0.717, 1.165) is 16.7 Å². The Hall–Kier alpha value is -2.01. The van der Waals surface area contributed by atoms with Gasteiger partial charge in [-0.3, -0.25) is 4.72 Å². The second kappa shape index (κ2) is 5.96. The van der Waals surface area contributed by atoms with E-state index in [4.69, 9.17) is 4.18 Å². The number of hydrogen-bond donors (Lipinski definition) is 2. The van der Waals surface area contributed by atoms with Gasteiger partial charge in [0.05, 0.1) is 5.69 Å². The molecule has 1 unspecified atom stereocenters. The van der Waals surface area contributed by atoms with Gasteiger partial charge in [-0.15, -0.1) is 0 Å². The average Bonchev–Trinajstić information content (AvgIpc) is 2.43. The molecule has 0 fully saturated rings. The molecule has 0 aliphatic carbocycles. The highest BCUT2D eigenvalue weighted by Gasteiger charge is 2.12. The molecule has 2 aromatic carbocycles. The zero-order valence-corrected chi connectivity index (χ0v) is 12.5. The number of aromatic hydroxyl groups is 1. The molecule has 0 aromatic heterocycles. The molecule has 4 nitrogen and oxygen atoms in total. The van der Waals surface area contributed by atoms with E-state index in [1.54, 1.807) is 30.3 Å². The van der Waals surface area contributed by atoms with Crippen LogP contribution in [-0.2, 0) is 11.3 Å². The minimum absolute atomic E-state index is 0.0955. The maximum absolute atomic E-state index is 11.9. The van der Waals surface area contributed by atoms with Crippen molar-refractivity contribution in [1.29, 1.82) is 0 Å². The van der Waals surface area contributed by atoms with Crippen molar-refractivity contribution in [2.75, 3.05) is 4.72 Å². The predicted octanol–water partition coefficient (Wildman–Crippen LogP) is 3.39. The second-order valence-corrected chi connectivity index (χ2v) is 5.41. The van der Waals surface area contributed by atoms with E-state index in [-0.39, 0.29) is 5.75 Å². The van der Waals surface area contributed by atoms with Crippen molar-refractivity contribution in [2.24, 2.45) is 0 Å². The Balaban J connectivity index is 2.16. The lowest BCUT2D eigenvalue weighted by atomic mass is 10.0. The molecule has 0 bridgehead atoms. The van der Waals surface area contributed by atoms with Crippen LogP contribution in [0.3, 0.4) is 0 Å². The van der Waals surface area contributed by atoms with Gasteiger partial charge in [0.2, 0.25) is 0 Å². The number of benzene rings is 2. The first-order chi connectivity index (χ1) is 9.49. The number of anilines is 1. The van der Waals surface area contributed by atoms with Gasteiger partial charge in [0.15, 0.2) is 0 Å². The van der Waals surface area contributed by atoms with Crippen LogP contribution in [0.4, 0.5) is 5.69 Å². The number of rotatable bonds is 4. The van der Waals surface area contributed by atoms with Gasteiger partial charge < -0.3 is 9.29 Å². The highest BCUT2D eigenvalue weighted by Crippen LogP contribution is 2.32. The molecule has 20 heavy (non-hydrogen) atoms. The third-order valence-electron chi connectivity index (χ3n) is 3.23. The van der Waals surface area contributed by atoms with E-state index in [9.17, 15) is 9.32 Å². The van der Waals surface area contributed by atoms with E-state index >= 15 is 0 Å². The standard InChI is InChI=1S/C15H17NO3S/c1-10-9-14(15(17)12(3)11(10)2)16-20(18)19-13-7-5-4-6-8-13/h4-9,16-17H,1-3H3. The third-order valence-corrected chi connectivity index (χ3v) is 3.96. The lowest BCUT2D eigenvalue weighted by molar-refractivity contribution is 0.472. The summed E-state index contributed by atoms with van der Waals surface area (Å²) in [6, 6.07) is 10.6. The van der Waals surface area contributed by atoms with E-state index in [2.05, 4.69) is 4.72 Å². The van der Waals surface area contributed by atoms with Crippen LogP contribution >= 0.6 is 0 Å². The summed E-state index contributed by atoms with van der Waals surface area (Å²) >= 11 is -1.77. The van der Waals surface area contributed by atoms with Crippen LogP contribution in [0.25, 0.3) is 0 Å². The Morgan fingerprint density at radius 3 is 2.40 bits per heavy atom. The maximum atomic E-state index is 11.9. The van der Waals surface area contributed by atoms with Crippen molar-refractivity contribution in [3.8, 4) is 11.5 Å². The van der Waals surface area contributed by atoms with Crippen molar-refractivity contribution in [1.82, 2.24) is 0 Å². The molecule has 0 heterocycles. The Kier molecular flexibility index (Phi) is 4.29. The molecule has 0 saturated heterocycles. The zero-order valence-electron chi connectivity index (χ0n) is 11.6. The van der Waals surface area contributed by atoms with Crippen LogP contribution in [-0.4, -0.2) is 9.32 Å². The highest BCUT2D eigenvalue weighted by molar-refractivity contribution is 7.82. The average molecular weight is 291 g/mol. The first-order valence-corrected chi connectivity index (χ1v) is 7.28. The number of para-hydroxylation sites is 1. The Morgan fingerprint density at radius 2 is 1.75 bits per heavy atom. The number of hydrogen-bond acceptors (Lipinski definition) is 3. The molecule has 1 atom stereocenters. The van der Waals surface area contributed by atoms with Crippen LogP contribution < -0.4 is 8.91 Å². The van der Waals surface area contributed by atoms with E-state index in [1.807, 2.05) is 26.8 Å². The monoisotopic (exact) mass is 291 g/mol. The van der Waals surface area contributed by atoms with Gasteiger partial charge in [0.1, 0.15) is 11.5 Å². The Bertz CT molecular complexity index is 641. The third kappa shape index (κ3) is 3.11. The van der Waals surface area contributed by atoms with E-state index in [1.165, 1.54) is 0 Å². The fourth-order valence-electron chi connectivity index (χ4n) is 1.82. The van der Waals surface area contributed by atoms with Gasteiger partial charge in [0.25, 0.3) is 0 Å². The zero-order chi connectivity index (χ0) is 14.7. The summed E-state index contributed by atoms with van der Waals surface area (Å²) in [4.78, 5) is 0.